The van der Waals surface area contributed by atoms with Crippen molar-refractivity contribution >= 4 is 61.8 Å². The molecule has 0 bridgehead atoms. The van der Waals surface area contributed by atoms with Gasteiger partial charge in [0.2, 0.25) is 0 Å². The predicted octanol–water partition coefficient (Wildman–Crippen LogP) is 18.0. The first kappa shape index (κ1) is 45.0. The van der Waals surface area contributed by atoms with Crippen LogP contribution in [-0.4, -0.2) is 15.6 Å². The largest absolute Gasteiger partial charge is 0.334 e. The second kappa shape index (κ2) is 18.5. The smallest absolute Gasteiger partial charge is 0.0568 e. The SMILES string of the molecule is C/C=C\c1c(C)c2cnccc2n1C1=CCC(N(c2ccc(C3=CC=C4C(C3)c3cc5c6c(ccc5cc3N4c3ccccc3)Cc3ccccc3-6)cc2)c2ccc(C)c(-c3ccccc3C)c2)C=C1.CC. The van der Waals surface area contributed by atoms with Crippen molar-refractivity contribution in [2.24, 2.45) is 0 Å². The predicted molar refractivity (Wildman–Crippen MR) is 306 cm³/mol. The fourth-order valence-electron chi connectivity index (χ4n) is 12.1. The van der Waals surface area contributed by atoms with Gasteiger partial charge in [0.15, 0.2) is 0 Å². The van der Waals surface area contributed by atoms with Gasteiger partial charge in [-0.1, -0.05) is 135 Å². The Morgan fingerprint density at radius 2 is 1.44 bits per heavy atom. The monoisotopic (exact) mass is 932 g/mol. The number of nitrogens with zero attached hydrogens (tertiary/aromatic N) is 4. The maximum Gasteiger partial charge on any atom is 0.0568 e. The number of fused-ring (bicyclic) bond motifs is 9. The van der Waals surface area contributed by atoms with Crippen LogP contribution in [0.4, 0.5) is 22.7 Å². The number of hydrogen-bond donors (Lipinski definition) is 0. The summed E-state index contributed by atoms with van der Waals surface area (Å²) in [5.41, 5.74) is 25.8. The van der Waals surface area contributed by atoms with E-state index < -0.39 is 0 Å². The van der Waals surface area contributed by atoms with Gasteiger partial charge in [-0.2, -0.15) is 0 Å². The highest BCUT2D eigenvalue weighted by molar-refractivity contribution is 6.04. The van der Waals surface area contributed by atoms with Crippen LogP contribution in [0.15, 0.2) is 206 Å². The molecule has 7 aromatic carbocycles. The zero-order chi connectivity index (χ0) is 49.0. The minimum Gasteiger partial charge on any atom is -0.334 e. The summed E-state index contributed by atoms with van der Waals surface area (Å²) in [6, 6.07) is 57.0. The van der Waals surface area contributed by atoms with E-state index in [1.165, 1.54) is 128 Å². The molecule has 4 aliphatic rings. The Kier molecular flexibility index (Phi) is 11.6. The summed E-state index contributed by atoms with van der Waals surface area (Å²) in [6.07, 6.45) is 22.9. The highest BCUT2D eigenvalue weighted by Gasteiger charge is 2.38. The normalized spacial score (nSPS) is 16.4. The van der Waals surface area contributed by atoms with Crippen LogP contribution >= 0.6 is 0 Å². The lowest BCUT2D eigenvalue weighted by atomic mass is 9.84. The molecule has 9 aromatic rings. The topological polar surface area (TPSA) is 24.3 Å². The van der Waals surface area contributed by atoms with Crippen LogP contribution < -0.4 is 9.80 Å². The van der Waals surface area contributed by atoms with E-state index in [-0.39, 0.29) is 12.0 Å². The average molecular weight is 933 g/mol. The lowest BCUT2D eigenvalue weighted by Gasteiger charge is -2.34. The number of anilines is 4. The molecule has 0 N–H and O–H groups in total. The molecular weight excluding hydrogens is 873 g/mol. The van der Waals surface area contributed by atoms with Crippen LogP contribution in [0, 0.1) is 20.8 Å². The van der Waals surface area contributed by atoms with Gasteiger partial charge < -0.3 is 14.4 Å². The van der Waals surface area contributed by atoms with Gasteiger partial charge in [-0.25, -0.2) is 0 Å². The van der Waals surface area contributed by atoms with Crippen molar-refractivity contribution in [2.75, 3.05) is 9.80 Å². The number of aromatic nitrogens is 2. The zero-order valence-corrected chi connectivity index (χ0v) is 42.2. The molecule has 2 aromatic heterocycles. The van der Waals surface area contributed by atoms with Gasteiger partial charge in [0.1, 0.15) is 0 Å². The van der Waals surface area contributed by atoms with E-state index in [1.54, 1.807) is 0 Å². The van der Waals surface area contributed by atoms with Gasteiger partial charge in [-0.05, 0) is 197 Å². The van der Waals surface area contributed by atoms with Crippen molar-refractivity contribution in [2.45, 2.75) is 72.8 Å². The van der Waals surface area contributed by atoms with Crippen molar-refractivity contribution in [3.63, 3.8) is 0 Å². The first-order chi connectivity index (χ1) is 35.4. The average Bonchev–Trinajstić information content (AvgIpc) is 4.06. The molecule has 0 saturated carbocycles. The standard InChI is InChI=1S/C66H54N4.C2H6/c1-5-13-62-44(4)61-41-67-35-34-64(61)69(62)53-31-29-52(30-32-53)68(54-26-20-43(3)57(39-54)55-18-11-9-14-42(55)2)51-27-23-45(24-28-51)46-25-33-63-59(37-46)60-40-58-48(38-65(60)70(63)50-16-7-6-8-17-50)21-22-49-36-47-15-10-12-19-56(47)66(49)58;1-2/h5-29,31-35,38-41,52,59H,30,36-37H2,1-4H3;1-2H3/b13-5-;. The summed E-state index contributed by atoms with van der Waals surface area (Å²) in [5, 5.41) is 3.85. The molecule has 0 spiro atoms. The fourth-order valence-corrected chi connectivity index (χ4v) is 12.1. The number of rotatable bonds is 8. The minimum atomic E-state index is 0.0957. The van der Waals surface area contributed by atoms with E-state index in [9.17, 15) is 0 Å². The van der Waals surface area contributed by atoms with Crippen molar-refractivity contribution in [1.29, 1.82) is 0 Å². The second-order valence-corrected chi connectivity index (χ2v) is 19.5. The van der Waals surface area contributed by atoms with Crippen LogP contribution in [0.3, 0.4) is 0 Å². The maximum atomic E-state index is 4.49. The van der Waals surface area contributed by atoms with E-state index >= 15 is 0 Å². The van der Waals surface area contributed by atoms with E-state index in [0.717, 1.165) is 19.3 Å². The summed E-state index contributed by atoms with van der Waals surface area (Å²) < 4.78 is 2.40. The first-order valence-electron chi connectivity index (χ1n) is 25.9. The molecule has 0 fully saturated rings. The molecule has 4 heteroatoms. The Balaban J connectivity index is 0.00000262. The van der Waals surface area contributed by atoms with E-state index in [0.29, 0.717) is 0 Å². The van der Waals surface area contributed by atoms with Gasteiger partial charge in [-0.3, -0.25) is 4.98 Å². The lowest BCUT2D eigenvalue weighted by molar-refractivity contribution is 0.782. The summed E-state index contributed by atoms with van der Waals surface area (Å²) in [4.78, 5) is 9.54. The molecule has 0 saturated heterocycles. The maximum absolute atomic E-state index is 4.49. The highest BCUT2D eigenvalue weighted by atomic mass is 15.2. The number of hydrogen-bond acceptors (Lipinski definition) is 3. The quantitative estimate of drug-likeness (QED) is 0.152. The Bertz CT molecular complexity index is 3750. The number of pyridine rings is 1. The van der Waals surface area contributed by atoms with Gasteiger partial charge in [0, 0.05) is 57.8 Å². The molecule has 3 aliphatic carbocycles. The fraction of sp³-hybridized carbons (Fsp3) is 0.162. The summed E-state index contributed by atoms with van der Waals surface area (Å²) in [5.74, 6) is 0.231. The van der Waals surface area contributed by atoms with Gasteiger partial charge >= 0.3 is 0 Å². The number of benzene rings is 7. The van der Waals surface area contributed by atoms with Crippen molar-refractivity contribution in [3.05, 3.63) is 251 Å². The van der Waals surface area contributed by atoms with Crippen LogP contribution in [0.2, 0.25) is 0 Å². The molecule has 2 unspecified atom stereocenters. The minimum absolute atomic E-state index is 0.0957. The van der Waals surface area contributed by atoms with Crippen LogP contribution in [0.25, 0.3) is 61.3 Å². The summed E-state index contributed by atoms with van der Waals surface area (Å²) >= 11 is 0. The Morgan fingerprint density at radius 1 is 0.681 bits per heavy atom. The van der Waals surface area contributed by atoms with Gasteiger partial charge in [-0.15, -0.1) is 0 Å². The second-order valence-electron chi connectivity index (χ2n) is 19.5. The molecule has 0 amide bonds. The molecule has 3 heterocycles. The summed E-state index contributed by atoms with van der Waals surface area (Å²) in [6.45, 7) is 12.7. The number of allylic oxidation sites excluding steroid dienone is 7. The molecule has 2 atom stereocenters. The van der Waals surface area contributed by atoms with E-state index in [1.807, 2.05) is 26.2 Å². The molecular formula is C68H60N4. The lowest BCUT2D eigenvalue weighted by Crippen LogP contribution is -2.30. The van der Waals surface area contributed by atoms with Crippen molar-refractivity contribution in [3.8, 4) is 22.3 Å². The van der Waals surface area contributed by atoms with Gasteiger partial charge in [0.05, 0.1) is 17.2 Å². The van der Waals surface area contributed by atoms with Crippen molar-refractivity contribution < 1.29 is 0 Å². The van der Waals surface area contributed by atoms with E-state index in [4.69, 9.17) is 0 Å². The van der Waals surface area contributed by atoms with Gasteiger partial charge in [0.25, 0.3) is 0 Å². The molecule has 13 rings (SSSR count). The molecule has 4 nitrogen and oxygen atoms in total. The third kappa shape index (κ3) is 7.47. The number of aryl methyl sites for hydroxylation is 3. The van der Waals surface area contributed by atoms with E-state index in [2.05, 4.69) is 241 Å². The van der Waals surface area contributed by atoms with Crippen LogP contribution in [-0.2, 0) is 6.42 Å². The van der Waals surface area contributed by atoms with Crippen molar-refractivity contribution in [1.82, 2.24) is 9.55 Å². The molecule has 0 radical (unpaired) electrons. The Hall–Kier alpha value is -8.21. The Morgan fingerprint density at radius 3 is 2.24 bits per heavy atom. The van der Waals surface area contributed by atoms with Crippen LogP contribution in [0.1, 0.15) is 84.2 Å². The molecule has 72 heavy (non-hydrogen) atoms. The summed E-state index contributed by atoms with van der Waals surface area (Å²) in [7, 11) is 0. The molecule has 1 aliphatic heterocycles. The number of para-hydroxylation sites is 1. The highest BCUT2D eigenvalue weighted by Crippen LogP contribution is 2.55. The first-order valence-corrected chi connectivity index (χ1v) is 25.9. The molecule has 352 valence electrons. The third-order valence-corrected chi connectivity index (χ3v) is 15.5. The zero-order valence-electron chi connectivity index (χ0n) is 42.2. The van der Waals surface area contributed by atoms with Crippen LogP contribution in [0.5, 0.6) is 0 Å². The Labute approximate surface area is 424 Å². The third-order valence-electron chi connectivity index (χ3n) is 15.5.